The number of anilines is 1. The van der Waals surface area contributed by atoms with E-state index in [0.717, 1.165) is 19.5 Å². The Morgan fingerprint density at radius 2 is 2.47 bits per heavy atom. The summed E-state index contributed by atoms with van der Waals surface area (Å²) in [6, 6.07) is 1.78. The summed E-state index contributed by atoms with van der Waals surface area (Å²) in [5, 5.41) is 9.39. The predicted molar refractivity (Wildman–Crippen MR) is 65.5 cm³/mol. The van der Waals surface area contributed by atoms with Gasteiger partial charge in [0.2, 0.25) is 0 Å². The van der Waals surface area contributed by atoms with Crippen LogP contribution in [0, 0.1) is 5.92 Å². The lowest BCUT2D eigenvalue weighted by atomic mass is 9.94. The number of amides is 1. The van der Waals surface area contributed by atoms with Gasteiger partial charge in [-0.25, -0.2) is 0 Å². The fourth-order valence-electron chi connectivity index (χ4n) is 2.27. The van der Waals surface area contributed by atoms with E-state index < -0.39 is 0 Å². The number of nitrogens with two attached hydrogens (primary N) is 1. The van der Waals surface area contributed by atoms with E-state index in [9.17, 15) is 4.79 Å². The molecule has 1 aliphatic heterocycles. The monoisotopic (exact) mass is 237 g/mol. The molecule has 0 aliphatic carbocycles. The third-order valence-corrected chi connectivity index (χ3v) is 3.27. The van der Waals surface area contributed by atoms with Crippen LogP contribution in [0.25, 0.3) is 0 Å². The van der Waals surface area contributed by atoms with Crippen LogP contribution in [0.5, 0.6) is 0 Å². The highest BCUT2D eigenvalue weighted by atomic mass is 16.2. The van der Waals surface area contributed by atoms with Gasteiger partial charge in [-0.05, 0) is 25.9 Å². The number of nitrogens with zero attached hydrogens (tertiary/aromatic N) is 2. The maximum atomic E-state index is 11.9. The molecule has 2 heterocycles. The first-order valence-electron chi connectivity index (χ1n) is 5.86. The summed E-state index contributed by atoms with van der Waals surface area (Å²) in [5.74, 6) is 0.667. The van der Waals surface area contributed by atoms with E-state index in [1.165, 1.54) is 0 Å². The topological polar surface area (TPSA) is 87.0 Å². The van der Waals surface area contributed by atoms with Crippen LogP contribution in [0.15, 0.2) is 6.07 Å². The minimum Gasteiger partial charge on any atom is -0.382 e. The van der Waals surface area contributed by atoms with E-state index in [0.29, 0.717) is 17.4 Å². The van der Waals surface area contributed by atoms with Crippen molar-refractivity contribution in [2.75, 3.05) is 25.9 Å². The summed E-state index contributed by atoms with van der Waals surface area (Å²) in [6.07, 6.45) is 0.979. The van der Waals surface area contributed by atoms with Gasteiger partial charge in [0.25, 0.3) is 5.91 Å². The number of rotatable bonds is 2. The summed E-state index contributed by atoms with van der Waals surface area (Å²) < 4.78 is 0. The normalized spacial score (nSPS) is 25.8. The highest BCUT2D eigenvalue weighted by molar-refractivity contribution is 5.93. The molecule has 2 atom stereocenters. The quantitative estimate of drug-likeness (QED) is 0.679. The van der Waals surface area contributed by atoms with E-state index in [1.54, 1.807) is 6.07 Å². The van der Waals surface area contributed by atoms with Gasteiger partial charge < -0.3 is 16.0 Å². The molecule has 0 bridgehead atoms. The Bertz CT molecular complexity index is 402. The van der Waals surface area contributed by atoms with Gasteiger partial charge in [-0.1, -0.05) is 6.92 Å². The zero-order valence-electron chi connectivity index (χ0n) is 10.2. The van der Waals surface area contributed by atoms with Crippen LogP contribution in [-0.4, -0.2) is 47.2 Å². The van der Waals surface area contributed by atoms with Gasteiger partial charge in [0.05, 0.1) is 0 Å². The van der Waals surface area contributed by atoms with Gasteiger partial charge in [0.1, 0.15) is 11.5 Å². The zero-order chi connectivity index (χ0) is 12.4. The molecule has 6 nitrogen and oxygen atoms in total. The molecule has 0 saturated carbocycles. The number of piperidine rings is 1. The number of aromatic nitrogens is 2. The lowest BCUT2D eigenvalue weighted by molar-refractivity contribution is 0.0879. The number of nitrogen functional groups attached to an aromatic ring is 1. The van der Waals surface area contributed by atoms with E-state index >= 15 is 0 Å². The summed E-state index contributed by atoms with van der Waals surface area (Å²) in [4.78, 5) is 14.2. The number of nitrogens with one attached hydrogen (secondary N) is 2. The summed E-state index contributed by atoms with van der Waals surface area (Å²) in [7, 11) is 2.10. The third-order valence-electron chi connectivity index (χ3n) is 3.27. The van der Waals surface area contributed by atoms with Crippen molar-refractivity contribution < 1.29 is 4.79 Å². The summed E-state index contributed by atoms with van der Waals surface area (Å²) in [5.41, 5.74) is 5.89. The van der Waals surface area contributed by atoms with Crippen LogP contribution >= 0.6 is 0 Å². The number of carbonyl (C=O) groups excluding carboxylic acids is 1. The number of aromatic amines is 1. The summed E-state index contributed by atoms with van der Waals surface area (Å²) in [6.45, 7) is 4.18. The van der Waals surface area contributed by atoms with Crippen molar-refractivity contribution in [1.29, 1.82) is 0 Å². The van der Waals surface area contributed by atoms with Crippen molar-refractivity contribution >= 4 is 11.7 Å². The van der Waals surface area contributed by atoms with Crippen molar-refractivity contribution in [2.45, 2.75) is 19.4 Å². The molecule has 1 amide bonds. The second-order valence-corrected chi connectivity index (χ2v) is 4.81. The Morgan fingerprint density at radius 3 is 3.06 bits per heavy atom. The first-order chi connectivity index (χ1) is 8.06. The lowest BCUT2D eigenvalue weighted by Gasteiger charge is -2.35. The van der Waals surface area contributed by atoms with Crippen LogP contribution in [0.3, 0.4) is 0 Å². The van der Waals surface area contributed by atoms with Crippen molar-refractivity contribution in [2.24, 2.45) is 5.92 Å². The maximum absolute atomic E-state index is 11.9. The molecule has 4 N–H and O–H groups in total. The van der Waals surface area contributed by atoms with E-state index in [1.807, 2.05) is 0 Å². The van der Waals surface area contributed by atoms with Crippen LogP contribution in [-0.2, 0) is 0 Å². The molecule has 0 spiro atoms. The maximum Gasteiger partial charge on any atom is 0.269 e. The van der Waals surface area contributed by atoms with Crippen LogP contribution in [0.2, 0.25) is 0 Å². The average Bonchev–Trinajstić information content (AvgIpc) is 2.69. The minimum atomic E-state index is -0.129. The average molecular weight is 237 g/mol. The van der Waals surface area contributed by atoms with Gasteiger partial charge in [-0.2, -0.15) is 5.10 Å². The highest BCUT2D eigenvalue weighted by Gasteiger charge is 2.26. The molecular weight excluding hydrogens is 218 g/mol. The van der Waals surface area contributed by atoms with Gasteiger partial charge in [0.15, 0.2) is 0 Å². The molecule has 0 radical (unpaired) electrons. The van der Waals surface area contributed by atoms with Crippen molar-refractivity contribution in [3.63, 3.8) is 0 Å². The van der Waals surface area contributed by atoms with Crippen molar-refractivity contribution in [1.82, 2.24) is 20.4 Å². The molecule has 6 heteroatoms. The second kappa shape index (κ2) is 4.75. The smallest absolute Gasteiger partial charge is 0.269 e. The Kier molecular flexibility index (Phi) is 3.33. The number of H-pyrrole nitrogens is 1. The fraction of sp³-hybridized carbons (Fsp3) is 0.636. The molecular formula is C11H19N5O. The molecule has 1 fully saturated rings. The number of carbonyl (C=O) groups is 1. The van der Waals surface area contributed by atoms with Crippen molar-refractivity contribution in [3.05, 3.63) is 11.8 Å². The van der Waals surface area contributed by atoms with Gasteiger partial charge >= 0.3 is 0 Å². The standard InChI is InChI=1S/C11H19N5O/c1-7-6-16(2)4-3-8(7)13-11(17)9-5-10(12)15-14-9/h5,7-8H,3-4,6H2,1-2H3,(H,13,17)(H3,12,14,15). The number of hydrogen-bond donors (Lipinski definition) is 3. The number of hydrogen-bond acceptors (Lipinski definition) is 4. The minimum absolute atomic E-state index is 0.129. The number of likely N-dealkylation sites (tertiary alicyclic amines) is 1. The summed E-state index contributed by atoms with van der Waals surface area (Å²) >= 11 is 0. The Morgan fingerprint density at radius 1 is 1.71 bits per heavy atom. The van der Waals surface area contributed by atoms with Crippen molar-refractivity contribution in [3.8, 4) is 0 Å². The van der Waals surface area contributed by atoms with Crippen LogP contribution in [0.4, 0.5) is 5.82 Å². The highest BCUT2D eigenvalue weighted by Crippen LogP contribution is 2.15. The van der Waals surface area contributed by atoms with Gasteiger partial charge in [-0.3, -0.25) is 9.89 Å². The molecule has 1 aromatic heterocycles. The lowest BCUT2D eigenvalue weighted by Crippen LogP contribution is -2.48. The predicted octanol–water partition coefficient (Wildman–Crippen LogP) is 0.0619. The first-order valence-corrected chi connectivity index (χ1v) is 5.86. The van der Waals surface area contributed by atoms with Crippen LogP contribution < -0.4 is 11.1 Å². The van der Waals surface area contributed by atoms with E-state index in [-0.39, 0.29) is 11.9 Å². The van der Waals surface area contributed by atoms with E-state index in [4.69, 9.17) is 5.73 Å². The molecule has 2 rings (SSSR count). The Hall–Kier alpha value is -1.56. The molecule has 1 aromatic rings. The molecule has 94 valence electrons. The van der Waals surface area contributed by atoms with Crippen LogP contribution in [0.1, 0.15) is 23.8 Å². The Balaban J connectivity index is 1.95. The second-order valence-electron chi connectivity index (χ2n) is 4.81. The molecule has 0 aromatic carbocycles. The van der Waals surface area contributed by atoms with Gasteiger partial charge in [-0.15, -0.1) is 0 Å². The molecule has 1 aliphatic rings. The third kappa shape index (κ3) is 2.76. The first kappa shape index (κ1) is 11.9. The largest absolute Gasteiger partial charge is 0.382 e. The zero-order valence-corrected chi connectivity index (χ0v) is 10.2. The van der Waals surface area contributed by atoms with Gasteiger partial charge in [0, 0.05) is 18.7 Å². The SMILES string of the molecule is CC1CN(C)CCC1NC(=O)c1cc(N)n[nH]1. The molecule has 2 unspecified atom stereocenters. The fourth-order valence-corrected chi connectivity index (χ4v) is 2.27. The van der Waals surface area contributed by atoms with E-state index in [2.05, 4.69) is 34.4 Å². The molecule has 1 saturated heterocycles. The molecule has 17 heavy (non-hydrogen) atoms. The Labute approximate surface area is 101 Å².